The van der Waals surface area contributed by atoms with Gasteiger partial charge in [0.05, 0.1) is 11.7 Å². The standard InChI is InChI=1S/C13H18N2O.C13H17NO.C13H15NO.C11H14N2.CH4/c1-13(2,3)10-5-4-9-6-7-14-12(16)15-11(9)8-10;2*1-13(2,3)10-6-4-9-5-7-12(15)14-11(9)8-10;1-11(2,3)9-5-4-8-7-12-13-10(8)6-9;/h4-5,8H,6-7H2,1-3H3,(H2,14,15,16);4,6,8H,5,7H2,1-3H3,(H,14,15);4-8H,1-3H3,(H,14,15);4-7H,1-3H3,(H,12,13);1H4. The number of fused-ring (bicyclic) bond motifs is 4. The Morgan fingerprint density at radius 2 is 0.967 bits per heavy atom. The van der Waals surface area contributed by atoms with Crippen molar-refractivity contribution in [3.63, 3.8) is 0 Å². The minimum atomic E-state index is -0.107. The Kier molecular flexibility index (Phi) is 14.6. The van der Waals surface area contributed by atoms with E-state index in [1.54, 1.807) is 6.07 Å². The second-order valence-corrected chi connectivity index (χ2v) is 19.7. The highest BCUT2D eigenvalue weighted by molar-refractivity contribution is 5.94. The molecular formula is C51H68N6O3. The smallest absolute Gasteiger partial charge is 0.319 e. The summed E-state index contributed by atoms with van der Waals surface area (Å²) < 4.78 is 0. The predicted molar refractivity (Wildman–Crippen MR) is 253 cm³/mol. The first-order chi connectivity index (χ1) is 27.5. The molecule has 3 amide bonds. The minimum absolute atomic E-state index is 0. The first kappa shape index (κ1) is 47.0. The van der Waals surface area contributed by atoms with Crippen molar-refractivity contribution in [1.29, 1.82) is 0 Å². The number of nitrogens with zero attached hydrogens (tertiary/aromatic N) is 1. The number of hydrogen-bond donors (Lipinski definition) is 5. The van der Waals surface area contributed by atoms with Crippen molar-refractivity contribution in [2.24, 2.45) is 0 Å². The zero-order valence-electron chi connectivity index (χ0n) is 37.2. The van der Waals surface area contributed by atoms with Gasteiger partial charge in [-0.2, -0.15) is 5.10 Å². The molecule has 0 spiro atoms. The summed E-state index contributed by atoms with van der Waals surface area (Å²) >= 11 is 0. The van der Waals surface area contributed by atoms with E-state index in [1.807, 2.05) is 18.3 Å². The van der Waals surface area contributed by atoms with Crippen LogP contribution in [0.4, 0.5) is 16.2 Å². The lowest BCUT2D eigenvalue weighted by atomic mass is 9.85. The van der Waals surface area contributed by atoms with Gasteiger partial charge in [0.15, 0.2) is 0 Å². The Labute approximate surface area is 357 Å². The average molecular weight is 813 g/mol. The molecule has 5 N–H and O–H groups in total. The second-order valence-electron chi connectivity index (χ2n) is 19.7. The zero-order chi connectivity index (χ0) is 43.3. The minimum Gasteiger partial charge on any atom is -0.338 e. The van der Waals surface area contributed by atoms with Crippen LogP contribution in [0.3, 0.4) is 0 Å². The number of aromatic nitrogens is 3. The third kappa shape index (κ3) is 12.7. The summed E-state index contributed by atoms with van der Waals surface area (Å²) in [6, 6.07) is 28.7. The van der Waals surface area contributed by atoms with Crippen LogP contribution in [0.15, 0.2) is 95.9 Å². The molecule has 0 saturated carbocycles. The van der Waals surface area contributed by atoms with Crippen molar-refractivity contribution in [2.45, 2.75) is 131 Å². The molecule has 60 heavy (non-hydrogen) atoms. The Morgan fingerprint density at radius 3 is 1.53 bits per heavy atom. The summed E-state index contributed by atoms with van der Waals surface area (Å²) in [6.07, 6.45) is 4.22. The lowest BCUT2D eigenvalue weighted by Gasteiger charge is -2.23. The molecule has 2 aliphatic rings. The molecule has 320 valence electrons. The fraction of sp³-hybridized carbons (Fsp3) is 0.412. The number of hydrogen-bond acceptors (Lipinski definition) is 4. The normalized spacial score (nSPS) is 13.8. The maximum absolute atomic E-state index is 11.4. The highest BCUT2D eigenvalue weighted by Crippen LogP contribution is 2.31. The number of amides is 3. The quantitative estimate of drug-likeness (QED) is 0.104. The number of carbonyl (C=O) groups is 2. The molecular weight excluding hydrogens is 745 g/mol. The Bertz CT molecular complexity index is 2480. The number of anilines is 2. The molecule has 6 aromatic rings. The molecule has 0 unspecified atom stereocenters. The Hall–Kier alpha value is -5.70. The van der Waals surface area contributed by atoms with Crippen LogP contribution in [0.1, 0.15) is 130 Å². The van der Waals surface area contributed by atoms with E-state index in [-0.39, 0.29) is 46.6 Å². The molecule has 4 heterocycles. The topological polar surface area (TPSA) is 132 Å². The van der Waals surface area contributed by atoms with E-state index >= 15 is 0 Å². The van der Waals surface area contributed by atoms with Crippen molar-refractivity contribution in [3.05, 3.63) is 135 Å². The number of rotatable bonds is 0. The van der Waals surface area contributed by atoms with Gasteiger partial charge < -0.3 is 20.9 Å². The van der Waals surface area contributed by atoms with Crippen LogP contribution in [0.25, 0.3) is 21.8 Å². The number of benzene rings is 4. The molecule has 0 aliphatic carbocycles. The maximum atomic E-state index is 11.4. The van der Waals surface area contributed by atoms with Crippen LogP contribution < -0.4 is 21.5 Å². The fourth-order valence-corrected chi connectivity index (χ4v) is 6.71. The molecule has 0 saturated heterocycles. The first-order valence-corrected chi connectivity index (χ1v) is 20.7. The van der Waals surface area contributed by atoms with Crippen LogP contribution in [0.5, 0.6) is 0 Å². The molecule has 2 aromatic heterocycles. The SMILES string of the molecule is C.CC(C)(C)c1ccc2c(c1)NC(=O)CC2.CC(C)(C)c1ccc2c(c1)NC(=O)NCC2.CC(C)(C)c1ccc2ccc(=O)[nH]c2c1.CC(C)(C)c1ccc2cn[nH]c2c1. The lowest BCUT2D eigenvalue weighted by Crippen LogP contribution is -2.27. The molecule has 4 aromatic carbocycles. The van der Waals surface area contributed by atoms with Gasteiger partial charge in [0.2, 0.25) is 11.5 Å². The molecule has 2 aliphatic heterocycles. The first-order valence-electron chi connectivity index (χ1n) is 20.7. The second kappa shape index (κ2) is 18.7. The van der Waals surface area contributed by atoms with Crippen LogP contribution >= 0.6 is 0 Å². The third-order valence-corrected chi connectivity index (χ3v) is 10.7. The van der Waals surface area contributed by atoms with E-state index in [0.717, 1.165) is 40.6 Å². The van der Waals surface area contributed by atoms with Gasteiger partial charge in [-0.25, -0.2) is 4.79 Å². The van der Waals surface area contributed by atoms with E-state index in [9.17, 15) is 14.4 Å². The van der Waals surface area contributed by atoms with Crippen molar-refractivity contribution >= 4 is 45.1 Å². The van der Waals surface area contributed by atoms with Gasteiger partial charge >= 0.3 is 6.03 Å². The maximum Gasteiger partial charge on any atom is 0.319 e. The largest absolute Gasteiger partial charge is 0.338 e. The summed E-state index contributed by atoms with van der Waals surface area (Å²) in [5, 5.41) is 17.8. The van der Waals surface area contributed by atoms with E-state index < -0.39 is 0 Å². The number of nitrogens with one attached hydrogen (secondary N) is 5. The molecule has 0 bridgehead atoms. The third-order valence-electron chi connectivity index (χ3n) is 10.7. The van der Waals surface area contributed by atoms with Gasteiger partial charge in [-0.3, -0.25) is 14.7 Å². The Balaban J connectivity index is 0.000000176. The highest BCUT2D eigenvalue weighted by Gasteiger charge is 2.20. The van der Waals surface area contributed by atoms with Gasteiger partial charge in [0.1, 0.15) is 0 Å². The van der Waals surface area contributed by atoms with Crippen molar-refractivity contribution in [2.75, 3.05) is 17.2 Å². The van der Waals surface area contributed by atoms with Gasteiger partial charge in [-0.15, -0.1) is 0 Å². The van der Waals surface area contributed by atoms with E-state index in [4.69, 9.17) is 0 Å². The molecule has 0 atom stereocenters. The fourth-order valence-electron chi connectivity index (χ4n) is 6.71. The number of H-pyrrole nitrogens is 2. The Morgan fingerprint density at radius 1 is 0.500 bits per heavy atom. The van der Waals surface area contributed by atoms with Crippen molar-refractivity contribution < 1.29 is 9.59 Å². The van der Waals surface area contributed by atoms with Crippen LogP contribution in [-0.4, -0.2) is 33.7 Å². The molecule has 9 heteroatoms. The van der Waals surface area contributed by atoms with E-state index in [1.165, 1.54) is 38.8 Å². The van der Waals surface area contributed by atoms with Crippen LogP contribution in [0, 0.1) is 0 Å². The van der Waals surface area contributed by atoms with Gasteiger partial charge in [-0.1, -0.05) is 139 Å². The van der Waals surface area contributed by atoms with E-state index in [2.05, 4.69) is 181 Å². The lowest BCUT2D eigenvalue weighted by molar-refractivity contribution is -0.116. The van der Waals surface area contributed by atoms with Gasteiger partial charge in [0, 0.05) is 41.3 Å². The highest BCUT2D eigenvalue weighted by atomic mass is 16.2. The number of carbonyl (C=O) groups excluding carboxylic acids is 2. The van der Waals surface area contributed by atoms with Gasteiger partial charge in [-0.05, 0) is 104 Å². The van der Waals surface area contributed by atoms with Gasteiger partial charge in [0.25, 0.3) is 0 Å². The van der Waals surface area contributed by atoms with Crippen molar-refractivity contribution in [1.82, 2.24) is 20.5 Å². The molecule has 8 rings (SSSR count). The number of aromatic amines is 2. The predicted octanol–water partition coefficient (Wildman–Crippen LogP) is 11.9. The average Bonchev–Trinajstić information content (AvgIpc) is 3.54. The monoisotopic (exact) mass is 813 g/mol. The number of pyridine rings is 1. The van der Waals surface area contributed by atoms with E-state index in [0.29, 0.717) is 13.0 Å². The summed E-state index contributed by atoms with van der Waals surface area (Å²) in [5.74, 6) is 0.133. The summed E-state index contributed by atoms with van der Waals surface area (Å²) in [6.45, 7) is 26.9. The van der Waals surface area contributed by atoms with Crippen LogP contribution in [0.2, 0.25) is 0 Å². The number of aryl methyl sites for hydroxylation is 1. The summed E-state index contributed by atoms with van der Waals surface area (Å²) in [4.78, 5) is 36.7. The van der Waals surface area contributed by atoms with Crippen molar-refractivity contribution in [3.8, 4) is 0 Å². The summed E-state index contributed by atoms with van der Waals surface area (Å²) in [7, 11) is 0. The molecule has 0 radical (unpaired) electrons. The molecule has 0 fully saturated rings. The molecule has 9 nitrogen and oxygen atoms in total. The zero-order valence-corrected chi connectivity index (χ0v) is 37.2. The number of urea groups is 1. The summed E-state index contributed by atoms with van der Waals surface area (Å²) in [5.41, 5.74) is 12.0. The van der Waals surface area contributed by atoms with Crippen LogP contribution in [-0.2, 0) is 39.3 Å².